The van der Waals surface area contributed by atoms with Crippen LogP contribution in [0, 0.1) is 0 Å². The first kappa shape index (κ1) is 14.5. The second-order valence-electron chi connectivity index (χ2n) is 4.81. The van der Waals surface area contributed by atoms with Gasteiger partial charge >= 0.3 is 0 Å². The summed E-state index contributed by atoms with van der Waals surface area (Å²) in [6, 6.07) is 0.651. The first-order valence-electron chi connectivity index (χ1n) is 6.83. The van der Waals surface area contributed by atoms with Gasteiger partial charge in [0.05, 0.1) is 6.61 Å². The molecule has 0 bridgehead atoms. The molecule has 0 aromatic rings. The lowest BCUT2D eigenvalue weighted by Gasteiger charge is -2.23. The normalized spacial score (nSPS) is 22.1. The topological polar surface area (TPSA) is 50.4 Å². The van der Waals surface area contributed by atoms with Crippen LogP contribution in [-0.4, -0.2) is 37.7 Å². The molecule has 1 fully saturated rings. The standard InChI is InChI=1S/C13H26N2O2/c1-3-17-10-11(2)15-13(16)8-7-12-6-4-5-9-14-12/h11-12,14H,3-10H2,1-2H3,(H,15,16). The molecule has 2 N–H and O–H groups in total. The van der Waals surface area contributed by atoms with Gasteiger partial charge < -0.3 is 15.4 Å². The highest BCUT2D eigenvalue weighted by atomic mass is 16.5. The molecule has 1 saturated heterocycles. The van der Waals surface area contributed by atoms with Gasteiger partial charge in [-0.3, -0.25) is 4.79 Å². The molecule has 0 aromatic heterocycles. The molecule has 1 rings (SSSR count). The predicted octanol–water partition coefficient (Wildman–Crippen LogP) is 1.45. The Labute approximate surface area is 104 Å². The molecule has 0 spiro atoms. The number of piperidine rings is 1. The highest BCUT2D eigenvalue weighted by Crippen LogP contribution is 2.11. The number of nitrogens with one attached hydrogen (secondary N) is 2. The van der Waals surface area contributed by atoms with Gasteiger partial charge in [0.15, 0.2) is 0 Å². The van der Waals surface area contributed by atoms with Crippen LogP contribution in [0.3, 0.4) is 0 Å². The number of amides is 1. The molecule has 4 heteroatoms. The van der Waals surface area contributed by atoms with Crippen molar-refractivity contribution in [3.05, 3.63) is 0 Å². The lowest BCUT2D eigenvalue weighted by molar-refractivity contribution is -0.122. The summed E-state index contributed by atoms with van der Waals surface area (Å²) in [5, 5.41) is 6.42. The lowest BCUT2D eigenvalue weighted by atomic mass is 10.0. The first-order chi connectivity index (χ1) is 8.22. The van der Waals surface area contributed by atoms with Crippen LogP contribution in [0.1, 0.15) is 46.0 Å². The third-order valence-corrected chi connectivity index (χ3v) is 3.11. The fraction of sp³-hybridized carbons (Fsp3) is 0.923. The number of ether oxygens (including phenoxy) is 1. The van der Waals surface area contributed by atoms with Crippen LogP contribution in [0.4, 0.5) is 0 Å². The van der Waals surface area contributed by atoms with Crippen LogP contribution in [0.5, 0.6) is 0 Å². The second kappa shape index (κ2) is 8.48. The molecule has 1 heterocycles. The zero-order valence-electron chi connectivity index (χ0n) is 11.1. The molecular weight excluding hydrogens is 216 g/mol. The van der Waals surface area contributed by atoms with Gasteiger partial charge in [0.2, 0.25) is 5.91 Å². The molecular formula is C13H26N2O2. The van der Waals surface area contributed by atoms with Crippen molar-refractivity contribution < 1.29 is 9.53 Å². The molecule has 17 heavy (non-hydrogen) atoms. The van der Waals surface area contributed by atoms with Crippen molar-refractivity contribution in [3.8, 4) is 0 Å². The number of carbonyl (C=O) groups excluding carboxylic acids is 1. The van der Waals surface area contributed by atoms with Gasteiger partial charge in [-0.25, -0.2) is 0 Å². The highest BCUT2D eigenvalue weighted by Gasteiger charge is 2.14. The summed E-state index contributed by atoms with van der Waals surface area (Å²) < 4.78 is 5.26. The molecule has 2 unspecified atom stereocenters. The summed E-state index contributed by atoms with van der Waals surface area (Å²) in [4.78, 5) is 11.7. The minimum Gasteiger partial charge on any atom is -0.380 e. The molecule has 0 radical (unpaired) electrons. The third-order valence-electron chi connectivity index (χ3n) is 3.11. The number of hydrogen-bond acceptors (Lipinski definition) is 3. The molecule has 100 valence electrons. The zero-order valence-corrected chi connectivity index (χ0v) is 11.1. The number of rotatable bonds is 7. The lowest BCUT2D eigenvalue weighted by Crippen LogP contribution is -2.38. The summed E-state index contributed by atoms with van der Waals surface area (Å²) in [7, 11) is 0. The number of hydrogen-bond donors (Lipinski definition) is 2. The predicted molar refractivity (Wildman–Crippen MR) is 69.0 cm³/mol. The van der Waals surface area contributed by atoms with Crippen molar-refractivity contribution in [3.63, 3.8) is 0 Å². The largest absolute Gasteiger partial charge is 0.380 e. The van der Waals surface area contributed by atoms with E-state index >= 15 is 0 Å². The van der Waals surface area contributed by atoms with Gasteiger partial charge in [0.25, 0.3) is 0 Å². The Morgan fingerprint density at radius 2 is 2.35 bits per heavy atom. The summed E-state index contributed by atoms with van der Waals surface area (Å²) in [5.74, 6) is 0.143. The van der Waals surface area contributed by atoms with Crippen molar-refractivity contribution >= 4 is 5.91 Å². The van der Waals surface area contributed by atoms with Crippen molar-refractivity contribution in [1.82, 2.24) is 10.6 Å². The van der Waals surface area contributed by atoms with Crippen LogP contribution in [-0.2, 0) is 9.53 Å². The molecule has 0 saturated carbocycles. The van der Waals surface area contributed by atoms with E-state index in [2.05, 4.69) is 10.6 Å². The van der Waals surface area contributed by atoms with E-state index in [0.29, 0.717) is 25.7 Å². The summed E-state index contributed by atoms with van der Waals surface area (Å²) in [5.41, 5.74) is 0. The summed E-state index contributed by atoms with van der Waals surface area (Å²) in [6.07, 6.45) is 5.34. The van der Waals surface area contributed by atoms with Crippen molar-refractivity contribution in [2.75, 3.05) is 19.8 Å². The van der Waals surface area contributed by atoms with Crippen molar-refractivity contribution in [2.24, 2.45) is 0 Å². The SMILES string of the molecule is CCOCC(C)NC(=O)CCC1CCCCN1. The summed E-state index contributed by atoms with van der Waals surface area (Å²) >= 11 is 0. The average molecular weight is 242 g/mol. The Hall–Kier alpha value is -0.610. The second-order valence-corrected chi connectivity index (χ2v) is 4.81. The smallest absolute Gasteiger partial charge is 0.220 e. The van der Waals surface area contributed by atoms with Gasteiger partial charge in [-0.2, -0.15) is 0 Å². The fourth-order valence-electron chi connectivity index (χ4n) is 2.16. The molecule has 1 aliphatic heterocycles. The maximum atomic E-state index is 11.7. The van der Waals surface area contributed by atoms with Crippen LogP contribution < -0.4 is 10.6 Å². The van der Waals surface area contributed by atoms with Crippen LogP contribution >= 0.6 is 0 Å². The first-order valence-corrected chi connectivity index (χ1v) is 6.83. The molecule has 2 atom stereocenters. The molecule has 0 aliphatic carbocycles. The van der Waals surface area contributed by atoms with E-state index in [4.69, 9.17) is 4.74 Å². The summed E-state index contributed by atoms with van der Waals surface area (Å²) in [6.45, 7) is 6.35. The maximum Gasteiger partial charge on any atom is 0.220 e. The minimum atomic E-state index is 0.113. The maximum absolute atomic E-state index is 11.7. The van der Waals surface area contributed by atoms with E-state index in [0.717, 1.165) is 13.0 Å². The van der Waals surface area contributed by atoms with E-state index in [1.807, 2.05) is 13.8 Å². The molecule has 0 aromatic carbocycles. The Bertz CT molecular complexity index is 215. The quantitative estimate of drug-likeness (QED) is 0.710. The Morgan fingerprint density at radius 3 is 3.00 bits per heavy atom. The zero-order chi connectivity index (χ0) is 12.5. The molecule has 1 aliphatic rings. The molecule has 1 amide bonds. The van der Waals surface area contributed by atoms with Gasteiger partial charge in [-0.15, -0.1) is 0 Å². The van der Waals surface area contributed by atoms with Crippen LogP contribution in [0.2, 0.25) is 0 Å². The van der Waals surface area contributed by atoms with Gasteiger partial charge in [0.1, 0.15) is 0 Å². The van der Waals surface area contributed by atoms with Gasteiger partial charge in [0, 0.05) is 25.1 Å². The fourth-order valence-corrected chi connectivity index (χ4v) is 2.16. The van der Waals surface area contributed by atoms with E-state index in [1.165, 1.54) is 19.3 Å². The Balaban J connectivity index is 2.07. The van der Waals surface area contributed by atoms with E-state index in [-0.39, 0.29) is 11.9 Å². The monoisotopic (exact) mass is 242 g/mol. The minimum absolute atomic E-state index is 0.113. The number of carbonyl (C=O) groups is 1. The van der Waals surface area contributed by atoms with Gasteiger partial charge in [-0.05, 0) is 39.7 Å². The van der Waals surface area contributed by atoms with E-state index in [9.17, 15) is 4.79 Å². The Kier molecular flexibility index (Phi) is 7.21. The average Bonchev–Trinajstić information content (AvgIpc) is 2.35. The van der Waals surface area contributed by atoms with Crippen LogP contribution in [0.25, 0.3) is 0 Å². The van der Waals surface area contributed by atoms with Crippen molar-refractivity contribution in [1.29, 1.82) is 0 Å². The highest BCUT2D eigenvalue weighted by molar-refractivity contribution is 5.76. The molecule has 4 nitrogen and oxygen atoms in total. The third kappa shape index (κ3) is 6.64. The van der Waals surface area contributed by atoms with Crippen LogP contribution in [0.15, 0.2) is 0 Å². The van der Waals surface area contributed by atoms with Gasteiger partial charge in [-0.1, -0.05) is 6.42 Å². The Morgan fingerprint density at radius 1 is 1.53 bits per heavy atom. The van der Waals surface area contributed by atoms with Crippen molar-refractivity contribution in [2.45, 2.75) is 58.0 Å². The van der Waals surface area contributed by atoms with E-state index < -0.39 is 0 Å². The van der Waals surface area contributed by atoms with E-state index in [1.54, 1.807) is 0 Å².